The van der Waals surface area contributed by atoms with E-state index >= 15 is 0 Å². The highest BCUT2D eigenvalue weighted by molar-refractivity contribution is 6.74. The van der Waals surface area contributed by atoms with Gasteiger partial charge in [0, 0.05) is 22.8 Å². The summed E-state index contributed by atoms with van der Waals surface area (Å²) in [4.78, 5) is 5.02. The van der Waals surface area contributed by atoms with Crippen LogP contribution in [-0.4, -0.2) is 55.3 Å². The SMILES string of the molecule is COc1cc(CO[Si](C)(C)C(C)(C)C)c(-c2c(C3=N[C@@H](C(C)C)CO3)cc(OC)c3c(OC)cccc23)c(OC)c1. The van der Waals surface area contributed by atoms with E-state index in [0.29, 0.717) is 48.0 Å². The molecule has 0 fully saturated rings. The van der Waals surface area contributed by atoms with Gasteiger partial charge in [0.15, 0.2) is 8.32 Å². The standard InChI is InChI=1S/C33H45NO6Si/c1-20(2)25-19-39-32(34-25)24-17-28(38-9)31-23(13-12-14-26(31)36-7)30(24)29-21(15-22(35-6)16-27(29)37-8)18-40-41(10,11)33(3,4)5/h12-17,20,25H,18-19H2,1-11H3/t25-/m1/s1. The second-order valence-corrected chi connectivity index (χ2v) is 17.2. The van der Waals surface area contributed by atoms with E-state index in [-0.39, 0.29) is 11.1 Å². The summed E-state index contributed by atoms with van der Waals surface area (Å²) in [5, 5.41) is 1.86. The van der Waals surface area contributed by atoms with Gasteiger partial charge in [0.2, 0.25) is 5.90 Å². The van der Waals surface area contributed by atoms with Crippen molar-refractivity contribution in [2.75, 3.05) is 35.0 Å². The third-order valence-corrected chi connectivity index (χ3v) is 12.9. The number of fused-ring (bicyclic) bond motifs is 1. The smallest absolute Gasteiger partial charge is 0.217 e. The first-order valence-corrected chi connectivity index (χ1v) is 17.1. The Bertz CT molecular complexity index is 1440. The van der Waals surface area contributed by atoms with Crippen molar-refractivity contribution in [1.82, 2.24) is 0 Å². The van der Waals surface area contributed by atoms with Crippen LogP contribution in [0.15, 0.2) is 41.4 Å². The van der Waals surface area contributed by atoms with Crippen LogP contribution in [0, 0.1) is 5.92 Å². The molecule has 0 aromatic heterocycles. The van der Waals surface area contributed by atoms with E-state index in [2.05, 4.69) is 53.8 Å². The zero-order valence-corrected chi connectivity index (χ0v) is 27.4. The number of aliphatic imine (C=N–C) groups is 1. The fourth-order valence-electron chi connectivity index (χ4n) is 4.86. The van der Waals surface area contributed by atoms with Gasteiger partial charge in [0.05, 0.1) is 46.5 Å². The molecular formula is C33H45NO6Si. The Kier molecular flexibility index (Phi) is 8.95. The molecule has 0 bridgehead atoms. The average Bonchev–Trinajstić information content (AvgIpc) is 3.44. The first-order valence-electron chi connectivity index (χ1n) is 14.1. The van der Waals surface area contributed by atoms with Crippen LogP contribution < -0.4 is 18.9 Å². The molecule has 0 saturated carbocycles. The zero-order valence-electron chi connectivity index (χ0n) is 26.4. The lowest BCUT2D eigenvalue weighted by molar-refractivity contribution is 0.275. The van der Waals surface area contributed by atoms with E-state index in [1.54, 1.807) is 28.4 Å². The second kappa shape index (κ2) is 11.9. The van der Waals surface area contributed by atoms with Crippen LogP contribution >= 0.6 is 0 Å². The minimum atomic E-state index is -2.08. The molecule has 0 amide bonds. The highest BCUT2D eigenvalue weighted by Crippen LogP contribution is 2.48. The lowest BCUT2D eigenvalue weighted by atomic mass is 9.88. The summed E-state index contributed by atoms with van der Waals surface area (Å²) in [6, 6.07) is 12.0. The Morgan fingerprint density at radius 3 is 2.15 bits per heavy atom. The van der Waals surface area contributed by atoms with Crippen LogP contribution in [0.3, 0.4) is 0 Å². The van der Waals surface area contributed by atoms with Crippen molar-refractivity contribution in [3.05, 3.63) is 47.5 Å². The Labute approximate surface area is 245 Å². The van der Waals surface area contributed by atoms with Gasteiger partial charge in [-0.05, 0) is 53.2 Å². The van der Waals surface area contributed by atoms with E-state index in [0.717, 1.165) is 33.0 Å². The van der Waals surface area contributed by atoms with Crippen molar-refractivity contribution in [3.63, 3.8) is 0 Å². The number of benzene rings is 3. The van der Waals surface area contributed by atoms with Crippen molar-refractivity contribution in [1.29, 1.82) is 0 Å². The number of methoxy groups -OCH3 is 4. The minimum absolute atomic E-state index is 0.0553. The molecule has 7 nitrogen and oxygen atoms in total. The van der Waals surface area contributed by atoms with Crippen molar-refractivity contribution in [3.8, 4) is 34.1 Å². The first-order chi connectivity index (χ1) is 19.4. The largest absolute Gasteiger partial charge is 0.497 e. The molecular weight excluding hydrogens is 534 g/mol. The molecule has 0 unspecified atom stereocenters. The molecule has 8 heteroatoms. The quantitative estimate of drug-likeness (QED) is 0.228. The van der Waals surface area contributed by atoms with Gasteiger partial charge in [-0.25, -0.2) is 4.99 Å². The van der Waals surface area contributed by atoms with Crippen molar-refractivity contribution >= 4 is 25.0 Å². The van der Waals surface area contributed by atoms with Crippen LogP contribution in [0.2, 0.25) is 18.1 Å². The summed E-state index contributed by atoms with van der Waals surface area (Å²) < 4.78 is 36.5. The van der Waals surface area contributed by atoms with Gasteiger partial charge in [-0.2, -0.15) is 0 Å². The van der Waals surface area contributed by atoms with Gasteiger partial charge >= 0.3 is 0 Å². The minimum Gasteiger partial charge on any atom is -0.497 e. The van der Waals surface area contributed by atoms with Gasteiger partial charge in [-0.15, -0.1) is 0 Å². The van der Waals surface area contributed by atoms with Crippen molar-refractivity contribution in [2.45, 2.75) is 65.4 Å². The highest BCUT2D eigenvalue weighted by Gasteiger charge is 2.38. The van der Waals surface area contributed by atoms with E-state index in [9.17, 15) is 0 Å². The summed E-state index contributed by atoms with van der Waals surface area (Å²) in [5.74, 6) is 3.71. The van der Waals surface area contributed by atoms with Crippen molar-refractivity contribution in [2.24, 2.45) is 10.9 Å². The summed E-state index contributed by atoms with van der Waals surface area (Å²) >= 11 is 0. The summed E-state index contributed by atoms with van der Waals surface area (Å²) in [6.07, 6.45) is 0. The average molecular weight is 580 g/mol. The van der Waals surface area contributed by atoms with E-state index in [4.69, 9.17) is 33.1 Å². The highest BCUT2D eigenvalue weighted by atomic mass is 28.4. The molecule has 0 saturated heterocycles. The monoisotopic (exact) mass is 579 g/mol. The normalized spacial score (nSPS) is 15.6. The lowest BCUT2D eigenvalue weighted by Gasteiger charge is -2.36. The molecule has 1 heterocycles. The van der Waals surface area contributed by atoms with Gasteiger partial charge in [0.25, 0.3) is 0 Å². The maximum atomic E-state index is 6.77. The Morgan fingerprint density at radius 2 is 1.59 bits per heavy atom. The van der Waals surface area contributed by atoms with Crippen LogP contribution in [0.1, 0.15) is 45.7 Å². The van der Waals surface area contributed by atoms with Crippen LogP contribution in [-0.2, 0) is 15.8 Å². The summed E-state index contributed by atoms with van der Waals surface area (Å²) in [7, 11) is 4.61. The molecule has 1 aliphatic heterocycles. The molecule has 3 aromatic carbocycles. The fraction of sp³-hybridized carbons (Fsp3) is 0.485. The predicted octanol–water partition coefficient (Wildman–Crippen LogP) is 7.86. The van der Waals surface area contributed by atoms with Gasteiger partial charge < -0.3 is 28.1 Å². The first kappa shape index (κ1) is 30.7. The molecule has 0 spiro atoms. The summed E-state index contributed by atoms with van der Waals surface area (Å²) in [6.45, 7) is 16.5. The lowest BCUT2D eigenvalue weighted by Crippen LogP contribution is -2.40. The fourth-order valence-corrected chi connectivity index (χ4v) is 5.81. The van der Waals surface area contributed by atoms with Crippen LogP contribution in [0.4, 0.5) is 0 Å². The Hall–Kier alpha value is -3.23. The molecule has 41 heavy (non-hydrogen) atoms. The maximum Gasteiger partial charge on any atom is 0.217 e. The Balaban J connectivity index is 2.10. The number of rotatable bonds is 10. The topological polar surface area (TPSA) is 67.7 Å². The molecule has 1 aliphatic rings. The Morgan fingerprint density at radius 1 is 0.902 bits per heavy atom. The number of hydrogen-bond donors (Lipinski definition) is 0. The maximum absolute atomic E-state index is 6.77. The number of nitrogens with zero attached hydrogens (tertiary/aromatic N) is 1. The molecule has 222 valence electrons. The molecule has 1 atom stereocenters. The van der Waals surface area contributed by atoms with E-state index in [1.165, 1.54) is 0 Å². The second-order valence-electron chi connectivity index (χ2n) is 12.4. The molecule has 0 aliphatic carbocycles. The predicted molar refractivity (Wildman–Crippen MR) is 169 cm³/mol. The molecule has 3 aromatic rings. The molecule has 4 rings (SSSR count). The zero-order chi connectivity index (χ0) is 30.1. The third kappa shape index (κ3) is 5.90. The van der Waals surface area contributed by atoms with Gasteiger partial charge in [0.1, 0.15) is 29.6 Å². The summed E-state index contributed by atoms with van der Waals surface area (Å²) in [5.41, 5.74) is 3.63. The van der Waals surface area contributed by atoms with E-state index < -0.39 is 8.32 Å². The molecule has 0 N–H and O–H groups in total. The third-order valence-electron chi connectivity index (χ3n) is 8.46. The molecule has 0 radical (unpaired) electrons. The van der Waals surface area contributed by atoms with Crippen LogP contribution in [0.5, 0.6) is 23.0 Å². The number of hydrogen-bond acceptors (Lipinski definition) is 7. The van der Waals surface area contributed by atoms with E-state index in [1.807, 2.05) is 30.3 Å². The van der Waals surface area contributed by atoms with Crippen molar-refractivity contribution < 1.29 is 28.1 Å². The van der Waals surface area contributed by atoms with Crippen LogP contribution in [0.25, 0.3) is 21.9 Å². The number of ether oxygens (including phenoxy) is 5. The van der Waals surface area contributed by atoms with Gasteiger partial charge in [-0.3, -0.25) is 0 Å². The van der Waals surface area contributed by atoms with Gasteiger partial charge in [-0.1, -0.05) is 46.8 Å².